The average molecular weight is 412 g/mol. The zero-order chi connectivity index (χ0) is 21.5. The van der Waals surface area contributed by atoms with Crippen LogP contribution in [0.5, 0.6) is 5.75 Å². The summed E-state index contributed by atoms with van der Waals surface area (Å²) in [5.41, 5.74) is 0.984. The van der Waals surface area contributed by atoms with Crippen molar-refractivity contribution < 1.29 is 19.2 Å². The van der Waals surface area contributed by atoms with Gasteiger partial charge < -0.3 is 19.9 Å². The number of non-ortho nitro benzene ring substituents is 1. The Hall–Kier alpha value is -3.62. The van der Waals surface area contributed by atoms with Crippen LogP contribution in [0.2, 0.25) is 0 Å². The third-order valence-corrected chi connectivity index (χ3v) is 4.86. The van der Waals surface area contributed by atoms with Gasteiger partial charge >= 0.3 is 0 Å². The van der Waals surface area contributed by atoms with Gasteiger partial charge in [-0.2, -0.15) is 0 Å². The number of hydrogen-bond donors (Lipinski definition) is 1. The highest BCUT2D eigenvalue weighted by Crippen LogP contribution is 2.28. The fourth-order valence-corrected chi connectivity index (χ4v) is 3.32. The van der Waals surface area contributed by atoms with Crippen molar-refractivity contribution in [1.82, 2.24) is 10.2 Å². The summed E-state index contributed by atoms with van der Waals surface area (Å²) in [6.45, 7) is 4.76. The summed E-state index contributed by atoms with van der Waals surface area (Å²) in [6.07, 6.45) is 0. The molecule has 0 atom stereocenters. The van der Waals surface area contributed by atoms with Gasteiger partial charge in [-0.05, 0) is 25.1 Å². The van der Waals surface area contributed by atoms with E-state index in [-0.39, 0.29) is 23.7 Å². The second-order valence-electron chi connectivity index (χ2n) is 6.76. The first-order valence-electron chi connectivity index (χ1n) is 9.76. The fourth-order valence-electron chi connectivity index (χ4n) is 3.32. The van der Waals surface area contributed by atoms with Gasteiger partial charge in [-0.3, -0.25) is 19.7 Å². The zero-order valence-corrected chi connectivity index (χ0v) is 16.7. The lowest BCUT2D eigenvalue weighted by molar-refractivity contribution is -0.384. The van der Waals surface area contributed by atoms with Gasteiger partial charge in [0.15, 0.2) is 0 Å². The van der Waals surface area contributed by atoms with Crippen LogP contribution in [-0.4, -0.2) is 61.0 Å². The van der Waals surface area contributed by atoms with Gasteiger partial charge in [0.05, 0.1) is 23.8 Å². The lowest BCUT2D eigenvalue weighted by Gasteiger charge is -2.36. The normalized spacial score (nSPS) is 13.6. The van der Waals surface area contributed by atoms with Gasteiger partial charge in [0.2, 0.25) is 5.91 Å². The second-order valence-corrected chi connectivity index (χ2v) is 6.76. The smallest absolute Gasteiger partial charge is 0.270 e. The quantitative estimate of drug-likeness (QED) is 0.551. The van der Waals surface area contributed by atoms with Crippen molar-refractivity contribution in [1.29, 1.82) is 0 Å². The number of piperazine rings is 1. The molecule has 2 aromatic carbocycles. The number of carbonyl (C=O) groups is 2. The van der Waals surface area contributed by atoms with Crippen molar-refractivity contribution in [2.24, 2.45) is 0 Å². The number of amides is 2. The lowest BCUT2D eigenvalue weighted by Crippen LogP contribution is -2.51. The van der Waals surface area contributed by atoms with Crippen molar-refractivity contribution in [2.75, 3.05) is 44.2 Å². The first-order chi connectivity index (χ1) is 14.5. The average Bonchev–Trinajstić information content (AvgIpc) is 2.78. The van der Waals surface area contributed by atoms with Gasteiger partial charge in [-0.15, -0.1) is 0 Å². The molecule has 1 aliphatic heterocycles. The number of anilines is 1. The molecule has 0 bridgehead atoms. The van der Waals surface area contributed by atoms with E-state index < -0.39 is 10.8 Å². The van der Waals surface area contributed by atoms with Crippen LogP contribution in [-0.2, 0) is 4.79 Å². The molecule has 9 nitrogen and oxygen atoms in total. The van der Waals surface area contributed by atoms with E-state index >= 15 is 0 Å². The highest BCUT2D eigenvalue weighted by atomic mass is 16.6. The number of rotatable bonds is 7. The number of hydrogen-bond acceptors (Lipinski definition) is 6. The van der Waals surface area contributed by atoms with Crippen molar-refractivity contribution in [3.05, 3.63) is 64.2 Å². The summed E-state index contributed by atoms with van der Waals surface area (Å²) in [7, 11) is 0. The topological polar surface area (TPSA) is 105 Å². The Balaban J connectivity index is 1.52. The Morgan fingerprint density at radius 1 is 1.10 bits per heavy atom. The predicted molar refractivity (Wildman–Crippen MR) is 112 cm³/mol. The summed E-state index contributed by atoms with van der Waals surface area (Å²) in [5, 5.41) is 13.4. The van der Waals surface area contributed by atoms with Crippen LogP contribution < -0.4 is 15.0 Å². The standard InChI is InChI=1S/C21H24N4O5/c1-2-30-19-9-4-3-8-18(19)23-10-12-24(13-11-23)20(26)15-22-21(27)16-6-5-7-17(14-16)25(28)29/h3-9,14H,2,10-13,15H2,1H3,(H,22,27). The number of para-hydroxylation sites is 2. The van der Waals surface area contributed by atoms with Crippen LogP contribution in [0.1, 0.15) is 17.3 Å². The molecule has 0 aliphatic carbocycles. The van der Waals surface area contributed by atoms with Crippen LogP contribution in [0.3, 0.4) is 0 Å². The van der Waals surface area contributed by atoms with E-state index in [0.29, 0.717) is 32.8 Å². The summed E-state index contributed by atoms with van der Waals surface area (Å²) >= 11 is 0. The molecular formula is C21H24N4O5. The van der Waals surface area contributed by atoms with E-state index in [1.807, 2.05) is 31.2 Å². The van der Waals surface area contributed by atoms with Crippen molar-refractivity contribution in [2.45, 2.75) is 6.92 Å². The molecule has 0 saturated carbocycles. The van der Waals surface area contributed by atoms with E-state index in [4.69, 9.17) is 4.74 Å². The molecule has 9 heteroatoms. The molecule has 1 aliphatic rings. The number of ether oxygens (including phenoxy) is 1. The monoisotopic (exact) mass is 412 g/mol. The number of benzene rings is 2. The van der Waals surface area contributed by atoms with E-state index in [1.54, 1.807) is 4.90 Å². The lowest BCUT2D eigenvalue weighted by atomic mass is 10.2. The SMILES string of the molecule is CCOc1ccccc1N1CCN(C(=O)CNC(=O)c2cccc([N+](=O)[O-])c2)CC1. The maximum Gasteiger partial charge on any atom is 0.270 e. The molecule has 1 N–H and O–H groups in total. The van der Waals surface area contributed by atoms with E-state index in [9.17, 15) is 19.7 Å². The van der Waals surface area contributed by atoms with E-state index in [2.05, 4.69) is 10.2 Å². The summed E-state index contributed by atoms with van der Waals surface area (Å²) in [6, 6.07) is 13.2. The first kappa shape index (κ1) is 21.1. The van der Waals surface area contributed by atoms with Crippen LogP contribution in [0.4, 0.5) is 11.4 Å². The van der Waals surface area contributed by atoms with Crippen LogP contribution in [0.25, 0.3) is 0 Å². The highest BCUT2D eigenvalue weighted by molar-refractivity contribution is 5.97. The van der Waals surface area contributed by atoms with Gasteiger partial charge in [0.1, 0.15) is 5.75 Å². The Morgan fingerprint density at radius 2 is 1.83 bits per heavy atom. The molecule has 158 valence electrons. The van der Waals surface area contributed by atoms with Crippen molar-refractivity contribution in [3.8, 4) is 5.75 Å². The van der Waals surface area contributed by atoms with Gasteiger partial charge in [0.25, 0.3) is 11.6 Å². The molecule has 0 unspecified atom stereocenters. The largest absolute Gasteiger partial charge is 0.492 e. The van der Waals surface area contributed by atoms with Crippen LogP contribution in [0.15, 0.2) is 48.5 Å². The van der Waals surface area contributed by atoms with E-state index in [0.717, 1.165) is 11.4 Å². The second kappa shape index (κ2) is 9.73. The molecule has 30 heavy (non-hydrogen) atoms. The third kappa shape index (κ3) is 5.05. The number of carbonyl (C=O) groups excluding carboxylic acids is 2. The van der Waals surface area contributed by atoms with Gasteiger partial charge in [-0.1, -0.05) is 18.2 Å². The molecule has 1 saturated heterocycles. The fraction of sp³-hybridized carbons (Fsp3) is 0.333. The Morgan fingerprint density at radius 3 is 2.53 bits per heavy atom. The highest BCUT2D eigenvalue weighted by Gasteiger charge is 2.23. The maximum absolute atomic E-state index is 12.5. The van der Waals surface area contributed by atoms with Gasteiger partial charge in [0, 0.05) is 43.9 Å². The summed E-state index contributed by atoms with van der Waals surface area (Å²) in [4.78, 5) is 38.8. The van der Waals surface area contributed by atoms with Crippen LogP contribution in [0, 0.1) is 10.1 Å². The summed E-state index contributed by atoms with van der Waals surface area (Å²) < 4.78 is 5.68. The molecule has 1 heterocycles. The van der Waals surface area contributed by atoms with E-state index in [1.165, 1.54) is 24.3 Å². The minimum absolute atomic E-state index is 0.148. The minimum atomic E-state index is -0.564. The molecule has 2 amide bonds. The Bertz CT molecular complexity index is 925. The maximum atomic E-state index is 12.5. The zero-order valence-electron chi connectivity index (χ0n) is 16.7. The molecule has 2 aromatic rings. The Labute approximate surface area is 174 Å². The number of nitro groups is 1. The Kier molecular flexibility index (Phi) is 6.84. The number of nitrogens with zero attached hydrogens (tertiary/aromatic N) is 3. The summed E-state index contributed by atoms with van der Waals surface area (Å²) in [5.74, 6) is 0.117. The van der Waals surface area contributed by atoms with Gasteiger partial charge in [-0.25, -0.2) is 0 Å². The number of nitrogens with one attached hydrogen (secondary N) is 1. The first-order valence-corrected chi connectivity index (χ1v) is 9.76. The molecule has 3 rings (SSSR count). The molecule has 0 spiro atoms. The third-order valence-electron chi connectivity index (χ3n) is 4.86. The minimum Gasteiger partial charge on any atom is -0.492 e. The molecule has 0 aromatic heterocycles. The number of nitro benzene ring substituents is 1. The van der Waals surface area contributed by atoms with Crippen molar-refractivity contribution >= 4 is 23.2 Å². The molecular weight excluding hydrogens is 388 g/mol. The van der Waals surface area contributed by atoms with Crippen molar-refractivity contribution in [3.63, 3.8) is 0 Å². The van der Waals surface area contributed by atoms with Crippen LogP contribution >= 0.6 is 0 Å². The predicted octanol–water partition coefficient (Wildman–Crippen LogP) is 2.07. The molecule has 1 fully saturated rings. The molecule has 0 radical (unpaired) electrons.